The molecule has 1 saturated carbocycles. The van der Waals surface area contributed by atoms with Crippen molar-refractivity contribution < 1.29 is 4.79 Å². The number of carbonyl (C=O) groups is 1. The quantitative estimate of drug-likeness (QED) is 0.891. The van der Waals surface area contributed by atoms with Crippen LogP contribution in [0.1, 0.15) is 41.9 Å². The maximum absolute atomic E-state index is 12.3. The second-order valence-electron chi connectivity index (χ2n) is 5.98. The van der Waals surface area contributed by atoms with Gasteiger partial charge in [-0.25, -0.2) is 9.97 Å². The van der Waals surface area contributed by atoms with E-state index in [0.29, 0.717) is 18.5 Å². The summed E-state index contributed by atoms with van der Waals surface area (Å²) >= 11 is 1.44. The highest BCUT2D eigenvalue weighted by molar-refractivity contribution is 7.20. The highest BCUT2D eigenvalue weighted by Crippen LogP contribution is 2.35. The molecular formula is C15H20N4OS. The second kappa shape index (κ2) is 5.60. The normalized spacial score (nSPS) is 14.7. The number of carbonyl (C=O) groups excluding carboxylic acids is 1. The van der Waals surface area contributed by atoms with Crippen LogP contribution in [0.4, 0.5) is 5.82 Å². The number of nitrogens with one attached hydrogen (secondary N) is 2. The van der Waals surface area contributed by atoms with Crippen LogP contribution >= 0.6 is 11.3 Å². The molecule has 1 amide bonds. The van der Waals surface area contributed by atoms with Gasteiger partial charge >= 0.3 is 0 Å². The number of rotatable bonds is 5. The molecule has 0 aliphatic heterocycles. The number of hydrogen-bond acceptors (Lipinski definition) is 5. The first-order chi connectivity index (χ1) is 10.1. The van der Waals surface area contributed by atoms with Gasteiger partial charge in [0.25, 0.3) is 5.91 Å². The van der Waals surface area contributed by atoms with Crippen molar-refractivity contribution in [3.63, 3.8) is 0 Å². The van der Waals surface area contributed by atoms with Gasteiger partial charge in [-0.15, -0.1) is 11.3 Å². The van der Waals surface area contributed by atoms with Crippen LogP contribution in [0.3, 0.4) is 0 Å². The molecule has 1 fully saturated rings. The smallest absolute Gasteiger partial charge is 0.261 e. The minimum absolute atomic E-state index is 0.0124. The predicted molar refractivity (Wildman–Crippen MR) is 86.0 cm³/mol. The zero-order chi connectivity index (χ0) is 15.0. The van der Waals surface area contributed by atoms with Crippen molar-refractivity contribution in [3.05, 3.63) is 16.8 Å². The monoisotopic (exact) mass is 304 g/mol. The summed E-state index contributed by atoms with van der Waals surface area (Å²) < 4.78 is 0. The molecule has 112 valence electrons. The maximum Gasteiger partial charge on any atom is 0.261 e. The van der Waals surface area contributed by atoms with E-state index in [1.165, 1.54) is 24.2 Å². The Morgan fingerprint density at radius 2 is 2.19 bits per heavy atom. The molecule has 2 aromatic heterocycles. The van der Waals surface area contributed by atoms with Gasteiger partial charge in [-0.1, -0.05) is 13.8 Å². The number of aryl methyl sites for hydroxylation is 1. The van der Waals surface area contributed by atoms with Crippen molar-refractivity contribution in [2.75, 3.05) is 11.9 Å². The average Bonchev–Trinajstić information content (AvgIpc) is 3.19. The van der Waals surface area contributed by atoms with E-state index >= 15 is 0 Å². The van der Waals surface area contributed by atoms with E-state index < -0.39 is 0 Å². The first kappa shape index (κ1) is 14.3. The molecule has 1 aliphatic carbocycles. The van der Waals surface area contributed by atoms with E-state index in [2.05, 4.69) is 34.4 Å². The Bertz CT molecular complexity index is 676. The third-order valence-corrected chi connectivity index (χ3v) is 4.72. The largest absolute Gasteiger partial charge is 0.367 e. The fraction of sp³-hybridized carbons (Fsp3) is 0.533. The molecule has 2 N–H and O–H groups in total. The topological polar surface area (TPSA) is 66.9 Å². The zero-order valence-corrected chi connectivity index (χ0v) is 13.4. The summed E-state index contributed by atoms with van der Waals surface area (Å²) in [5, 5.41) is 7.39. The van der Waals surface area contributed by atoms with Crippen LogP contribution in [-0.2, 0) is 0 Å². The number of fused-ring (bicyclic) bond motifs is 1. The minimum Gasteiger partial charge on any atom is -0.367 e. The Labute approximate surface area is 128 Å². The van der Waals surface area contributed by atoms with Crippen LogP contribution in [-0.4, -0.2) is 28.5 Å². The molecule has 2 aromatic rings. The molecule has 21 heavy (non-hydrogen) atoms. The Kier molecular flexibility index (Phi) is 3.80. The Morgan fingerprint density at radius 1 is 1.43 bits per heavy atom. The van der Waals surface area contributed by atoms with Gasteiger partial charge in [-0.05, 0) is 31.2 Å². The summed E-state index contributed by atoms with van der Waals surface area (Å²) in [4.78, 5) is 22.6. The molecule has 5 nitrogen and oxygen atoms in total. The van der Waals surface area contributed by atoms with Gasteiger partial charge in [0.1, 0.15) is 17.0 Å². The lowest BCUT2D eigenvalue weighted by molar-refractivity contribution is 0.0952. The predicted octanol–water partition coefficient (Wildman–Crippen LogP) is 2.96. The summed E-state index contributed by atoms with van der Waals surface area (Å²) in [6.07, 6.45) is 3.95. The standard InChI is InChI=1S/C15H20N4OS/c1-8(2)6-16-14(20)12-9(3)11-13(19-10-4-5-10)17-7-18-15(11)21-12/h7-8,10H,4-6H2,1-3H3,(H,16,20)(H,17,18,19). The van der Waals surface area contributed by atoms with E-state index in [9.17, 15) is 4.79 Å². The van der Waals surface area contributed by atoms with E-state index in [1.807, 2.05) is 6.92 Å². The van der Waals surface area contributed by atoms with Crippen LogP contribution in [0.25, 0.3) is 10.2 Å². The highest BCUT2D eigenvalue weighted by Gasteiger charge is 2.25. The van der Waals surface area contributed by atoms with Gasteiger partial charge < -0.3 is 10.6 Å². The van der Waals surface area contributed by atoms with Crippen molar-refractivity contribution in [2.45, 2.75) is 39.7 Å². The van der Waals surface area contributed by atoms with Crippen molar-refractivity contribution >= 4 is 33.3 Å². The van der Waals surface area contributed by atoms with Crippen LogP contribution in [0, 0.1) is 12.8 Å². The SMILES string of the molecule is Cc1c(C(=O)NCC(C)C)sc2ncnc(NC3CC3)c12. The molecule has 0 atom stereocenters. The van der Waals surface area contributed by atoms with Crippen LogP contribution < -0.4 is 10.6 Å². The summed E-state index contributed by atoms with van der Waals surface area (Å²) in [6, 6.07) is 0.528. The van der Waals surface area contributed by atoms with E-state index in [4.69, 9.17) is 0 Å². The summed E-state index contributed by atoms with van der Waals surface area (Å²) in [6.45, 7) is 6.83. The summed E-state index contributed by atoms with van der Waals surface area (Å²) in [7, 11) is 0. The van der Waals surface area contributed by atoms with E-state index in [-0.39, 0.29) is 5.91 Å². The molecular weight excluding hydrogens is 284 g/mol. The van der Waals surface area contributed by atoms with Gasteiger partial charge in [0.2, 0.25) is 0 Å². The highest BCUT2D eigenvalue weighted by atomic mass is 32.1. The average molecular weight is 304 g/mol. The number of anilines is 1. The van der Waals surface area contributed by atoms with Gasteiger partial charge in [-0.2, -0.15) is 0 Å². The Hall–Kier alpha value is -1.69. The van der Waals surface area contributed by atoms with Crippen LogP contribution in [0.2, 0.25) is 0 Å². The van der Waals surface area contributed by atoms with Crippen molar-refractivity contribution in [1.82, 2.24) is 15.3 Å². The summed E-state index contributed by atoms with van der Waals surface area (Å²) in [5.41, 5.74) is 0.972. The lowest BCUT2D eigenvalue weighted by atomic mass is 10.2. The Morgan fingerprint density at radius 3 is 2.86 bits per heavy atom. The Balaban J connectivity index is 1.93. The van der Waals surface area contributed by atoms with Crippen LogP contribution in [0.5, 0.6) is 0 Å². The number of amides is 1. The molecule has 0 spiro atoms. The lowest BCUT2D eigenvalue weighted by Crippen LogP contribution is -2.27. The number of aromatic nitrogens is 2. The fourth-order valence-corrected chi connectivity index (χ4v) is 3.26. The van der Waals surface area contributed by atoms with Gasteiger partial charge in [0.05, 0.1) is 10.3 Å². The van der Waals surface area contributed by atoms with Gasteiger partial charge in [0.15, 0.2) is 0 Å². The number of thiophene rings is 1. The zero-order valence-electron chi connectivity index (χ0n) is 12.6. The molecule has 0 aromatic carbocycles. The summed E-state index contributed by atoms with van der Waals surface area (Å²) in [5.74, 6) is 1.29. The molecule has 3 rings (SSSR count). The minimum atomic E-state index is -0.0124. The number of nitrogens with zero attached hydrogens (tertiary/aromatic N) is 2. The molecule has 0 unspecified atom stereocenters. The fourth-order valence-electron chi connectivity index (χ4n) is 2.20. The van der Waals surface area contributed by atoms with Gasteiger partial charge in [-0.3, -0.25) is 4.79 Å². The van der Waals surface area contributed by atoms with Crippen molar-refractivity contribution in [3.8, 4) is 0 Å². The second-order valence-corrected chi connectivity index (χ2v) is 6.98. The lowest BCUT2D eigenvalue weighted by Gasteiger charge is -2.07. The van der Waals surface area contributed by atoms with Crippen molar-refractivity contribution in [2.24, 2.45) is 5.92 Å². The third-order valence-electron chi connectivity index (χ3n) is 3.52. The molecule has 2 heterocycles. The molecule has 0 radical (unpaired) electrons. The number of hydrogen-bond donors (Lipinski definition) is 2. The van der Waals surface area contributed by atoms with E-state index in [0.717, 1.165) is 26.5 Å². The van der Waals surface area contributed by atoms with Gasteiger partial charge in [0, 0.05) is 12.6 Å². The first-order valence-corrected chi connectivity index (χ1v) is 8.16. The van der Waals surface area contributed by atoms with Crippen LogP contribution in [0.15, 0.2) is 6.33 Å². The van der Waals surface area contributed by atoms with Crippen molar-refractivity contribution in [1.29, 1.82) is 0 Å². The first-order valence-electron chi connectivity index (χ1n) is 7.35. The van der Waals surface area contributed by atoms with E-state index in [1.54, 1.807) is 6.33 Å². The molecule has 6 heteroatoms. The third kappa shape index (κ3) is 3.00. The maximum atomic E-state index is 12.3. The molecule has 0 bridgehead atoms. The molecule has 0 saturated heterocycles. The molecule has 1 aliphatic rings.